The third-order valence-corrected chi connectivity index (χ3v) is 4.60. The number of phenolic OH excluding ortho intramolecular Hbond substituents is 1. The molecule has 4 heteroatoms. The van der Waals surface area contributed by atoms with Crippen LogP contribution in [-0.2, 0) is 26.2 Å². The van der Waals surface area contributed by atoms with Crippen molar-refractivity contribution in [3.8, 4) is 16.9 Å². The normalized spacial score (nSPS) is 14.2. The Morgan fingerprint density at radius 1 is 0.769 bits per heavy atom. The number of aromatic hydroxyl groups is 1. The van der Waals surface area contributed by atoms with Crippen LogP contribution in [0, 0.1) is 0 Å². The molecule has 1 N–H and O–H groups in total. The van der Waals surface area contributed by atoms with E-state index in [9.17, 15) is 5.11 Å². The summed E-state index contributed by atoms with van der Waals surface area (Å²) in [6.45, 7) is 2.14. The molecule has 0 amide bonds. The van der Waals surface area contributed by atoms with E-state index in [-0.39, 0.29) is 56.9 Å². The van der Waals surface area contributed by atoms with E-state index in [4.69, 9.17) is 0 Å². The maximum absolute atomic E-state index is 10.3. The molecular formula is C22H18Cl2OZr. The van der Waals surface area contributed by atoms with Crippen molar-refractivity contribution in [2.24, 2.45) is 0 Å². The van der Waals surface area contributed by atoms with E-state index in [0.29, 0.717) is 5.75 Å². The fourth-order valence-corrected chi connectivity index (χ4v) is 3.59. The summed E-state index contributed by atoms with van der Waals surface area (Å²) in [5, 5.41) is 10.3. The molecule has 0 bridgehead atoms. The fraction of sp³-hybridized carbons (Fsp3) is 0.0909. The Labute approximate surface area is 186 Å². The molecule has 0 fully saturated rings. The zero-order valence-electron chi connectivity index (χ0n) is 14.3. The van der Waals surface area contributed by atoms with Crippen LogP contribution in [0.15, 0.2) is 78.4 Å². The third kappa shape index (κ3) is 3.98. The second kappa shape index (κ2) is 9.56. The number of hydrogen-bond acceptors (Lipinski definition) is 1. The van der Waals surface area contributed by atoms with Gasteiger partial charge in [0.05, 0.1) is 0 Å². The predicted molar refractivity (Wildman–Crippen MR) is 95.5 cm³/mol. The van der Waals surface area contributed by atoms with Crippen LogP contribution >= 0.6 is 0 Å². The van der Waals surface area contributed by atoms with Crippen molar-refractivity contribution in [3.63, 3.8) is 0 Å². The van der Waals surface area contributed by atoms with Gasteiger partial charge in [-0.25, -0.2) is 0 Å². The van der Waals surface area contributed by atoms with Crippen molar-refractivity contribution < 1.29 is 56.1 Å². The molecular weight excluding hydrogens is 442 g/mol. The number of hydrogen-bond donors (Lipinski definition) is 1. The van der Waals surface area contributed by atoms with Crippen LogP contribution in [0.4, 0.5) is 0 Å². The van der Waals surface area contributed by atoms with Gasteiger partial charge in [0, 0.05) is 11.5 Å². The molecule has 130 valence electrons. The summed E-state index contributed by atoms with van der Waals surface area (Å²) in [4.78, 5) is 0. The first kappa shape index (κ1) is 22.7. The summed E-state index contributed by atoms with van der Waals surface area (Å²) < 4.78 is 0. The second-order valence-corrected chi connectivity index (χ2v) is 6.05. The second-order valence-electron chi connectivity index (χ2n) is 6.05. The standard InChI is InChI=1S/C22H18O.2ClH.Zr/c1-15-14-17-10-7-12-18(16-8-3-2-4-9-16)22(17)21(15)19-11-5-6-13-20(19)23;;;/h2-14,21,23H,1H3;2*1H;/q;;;+2/p-2. The van der Waals surface area contributed by atoms with E-state index in [2.05, 4.69) is 55.5 Å². The van der Waals surface area contributed by atoms with Gasteiger partial charge in [0.15, 0.2) is 0 Å². The molecule has 0 aromatic heterocycles. The fourth-order valence-electron chi connectivity index (χ4n) is 3.59. The van der Waals surface area contributed by atoms with Crippen LogP contribution in [0.5, 0.6) is 5.75 Å². The molecule has 3 aromatic carbocycles. The Hall–Kier alpha value is -1.34. The van der Waals surface area contributed by atoms with Crippen LogP contribution in [0.3, 0.4) is 0 Å². The third-order valence-electron chi connectivity index (χ3n) is 4.60. The summed E-state index contributed by atoms with van der Waals surface area (Å²) in [6, 6.07) is 24.6. The SMILES string of the molecule is CC1=Cc2cccc(-c3ccccc3)c2C1c1ccccc1O.[Cl-].[Cl-].[Zr+2]. The van der Waals surface area contributed by atoms with Crippen LogP contribution in [0.1, 0.15) is 29.5 Å². The van der Waals surface area contributed by atoms with Gasteiger partial charge in [-0.2, -0.15) is 0 Å². The predicted octanol–water partition coefficient (Wildman–Crippen LogP) is -0.386. The molecule has 0 aliphatic heterocycles. The first-order valence-electron chi connectivity index (χ1n) is 7.90. The number of rotatable bonds is 2. The zero-order valence-corrected chi connectivity index (χ0v) is 18.3. The van der Waals surface area contributed by atoms with Gasteiger partial charge >= 0.3 is 26.2 Å². The van der Waals surface area contributed by atoms with Gasteiger partial charge in [-0.05, 0) is 35.2 Å². The topological polar surface area (TPSA) is 20.2 Å². The number of halogens is 2. The van der Waals surface area contributed by atoms with Crippen molar-refractivity contribution in [2.45, 2.75) is 12.8 Å². The molecule has 1 atom stereocenters. The first-order chi connectivity index (χ1) is 11.3. The van der Waals surface area contributed by atoms with Gasteiger partial charge in [-0.1, -0.05) is 78.4 Å². The molecule has 0 saturated heterocycles. The van der Waals surface area contributed by atoms with Crippen molar-refractivity contribution in [2.75, 3.05) is 0 Å². The molecule has 0 saturated carbocycles. The molecule has 0 heterocycles. The molecule has 26 heavy (non-hydrogen) atoms. The Morgan fingerprint density at radius 3 is 2.12 bits per heavy atom. The van der Waals surface area contributed by atoms with E-state index < -0.39 is 0 Å². The van der Waals surface area contributed by atoms with Crippen LogP contribution < -0.4 is 24.8 Å². The van der Waals surface area contributed by atoms with Gasteiger partial charge in [-0.3, -0.25) is 0 Å². The number of benzene rings is 3. The van der Waals surface area contributed by atoms with Crippen LogP contribution in [-0.4, -0.2) is 5.11 Å². The minimum absolute atomic E-state index is 0. The number of fused-ring (bicyclic) bond motifs is 1. The van der Waals surface area contributed by atoms with Gasteiger partial charge in [0.2, 0.25) is 0 Å². The molecule has 1 unspecified atom stereocenters. The minimum atomic E-state index is 0. The maximum Gasteiger partial charge on any atom is 2.00 e. The maximum atomic E-state index is 10.3. The molecule has 1 aliphatic carbocycles. The summed E-state index contributed by atoms with van der Waals surface area (Å²) in [5.41, 5.74) is 7.24. The Morgan fingerprint density at radius 2 is 1.42 bits per heavy atom. The van der Waals surface area contributed by atoms with Gasteiger partial charge in [0.1, 0.15) is 5.75 Å². The van der Waals surface area contributed by atoms with Crippen LogP contribution in [0.2, 0.25) is 0 Å². The number of allylic oxidation sites excluding steroid dienone is 1. The van der Waals surface area contributed by atoms with E-state index in [1.165, 1.54) is 27.8 Å². The quantitative estimate of drug-likeness (QED) is 0.553. The smallest absolute Gasteiger partial charge is 1.00 e. The van der Waals surface area contributed by atoms with E-state index in [1.807, 2.05) is 24.3 Å². The molecule has 1 nitrogen and oxygen atoms in total. The summed E-state index contributed by atoms with van der Waals surface area (Å²) in [5.74, 6) is 0.476. The van der Waals surface area contributed by atoms with Crippen molar-refractivity contribution in [1.29, 1.82) is 0 Å². The average Bonchev–Trinajstić information content (AvgIpc) is 2.92. The first-order valence-corrected chi connectivity index (χ1v) is 7.90. The largest absolute Gasteiger partial charge is 2.00 e. The van der Waals surface area contributed by atoms with Crippen molar-refractivity contribution in [3.05, 3.63) is 95.1 Å². The van der Waals surface area contributed by atoms with Crippen molar-refractivity contribution in [1.82, 2.24) is 0 Å². The minimum Gasteiger partial charge on any atom is -1.00 e. The van der Waals surface area contributed by atoms with E-state index in [0.717, 1.165) is 5.56 Å². The van der Waals surface area contributed by atoms with Crippen molar-refractivity contribution >= 4 is 6.08 Å². The molecule has 4 rings (SSSR count). The summed E-state index contributed by atoms with van der Waals surface area (Å²) >= 11 is 0. The Bertz CT molecular complexity index is 907. The van der Waals surface area contributed by atoms with E-state index in [1.54, 1.807) is 6.07 Å². The Kier molecular flexibility index (Phi) is 8.34. The number of phenols is 1. The molecule has 0 spiro atoms. The molecule has 0 radical (unpaired) electrons. The van der Waals surface area contributed by atoms with Crippen LogP contribution in [0.25, 0.3) is 17.2 Å². The molecule has 1 aliphatic rings. The van der Waals surface area contributed by atoms with E-state index >= 15 is 0 Å². The summed E-state index contributed by atoms with van der Waals surface area (Å²) in [7, 11) is 0. The zero-order chi connectivity index (χ0) is 15.8. The molecule has 3 aromatic rings. The van der Waals surface area contributed by atoms with Gasteiger partial charge < -0.3 is 29.9 Å². The average molecular weight is 461 g/mol. The summed E-state index contributed by atoms with van der Waals surface area (Å²) in [6.07, 6.45) is 2.24. The monoisotopic (exact) mass is 458 g/mol. The van der Waals surface area contributed by atoms with Gasteiger partial charge in [0.25, 0.3) is 0 Å². The Balaban J connectivity index is 0.00000113. The number of para-hydroxylation sites is 1. The van der Waals surface area contributed by atoms with Gasteiger partial charge in [-0.15, -0.1) is 0 Å².